The Labute approximate surface area is 120 Å². The predicted octanol–water partition coefficient (Wildman–Crippen LogP) is 3.81. The molecule has 0 radical (unpaired) electrons. The molecule has 0 saturated heterocycles. The lowest BCUT2D eigenvalue weighted by molar-refractivity contribution is 0.394. The van der Waals surface area contributed by atoms with Gasteiger partial charge in [-0.25, -0.2) is 0 Å². The molecule has 0 bridgehead atoms. The molecule has 19 heavy (non-hydrogen) atoms. The summed E-state index contributed by atoms with van der Waals surface area (Å²) >= 11 is 6.10. The number of hydrogen-bond acceptors (Lipinski definition) is 3. The molecule has 1 aliphatic heterocycles. The van der Waals surface area contributed by atoms with Crippen LogP contribution in [0.15, 0.2) is 29.3 Å². The minimum atomic E-state index is 0.0186. The van der Waals surface area contributed by atoms with E-state index >= 15 is 0 Å². The van der Waals surface area contributed by atoms with Gasteiger partial charge in [0.25, 0.3) is 0 Å². The highest BCUT2D eigenvalue weighted by Gasteiger charge is 2.41. The van der Waals surface area contributed by atoms with Crippen molar-refractivity contribution in [2.24, 2.45) is 10.7 Å². The first-order valence-electron chi connectivity index (χ1n) is 6.98. The second kappa shape index (κ2) is 5.83. The van der Waals surface area contributed by atoms with Crippen LogP contribution in [0.5, 0.6) is 0 Å². The van der Waals surface area contributed by atoms with Gasteiger partial charge in [0.1, 0.15) is 0 Å². The number of aliphatic imine (C=N–C) groups is 1. The number of hydrogen-bond donors (Lipinski definition) is 1. The molecule has 3 nitrogen and oxygen atoms in total. The Hall–Kier alpha value is -1.22. The molecule has 0 spiro atoms. The summed E-state index contributed by atoms with van der Waals surface area (Å²) in [4.78, 5) is 6.65. The zero-order valence-corrected chi connectivity index (χ0v) is 12.5. The van der Waals surface area contributed by atoms with Gasteiger partial charge in [-0.1, -0.05) is 44.4 Å². The third kappa shape index (κ3) is 2.71. The summed E-state index contributed by atoms with van der Waals surface area (Å²) < 4.78 is 0. The molecule has 1 aromatic carbocycles. The Morgan fingerprint density at radius 1 is 1.42 bits per heavy atom. The van der Waals surface area contributed by atoms with E-state index in [1.165, 1.54) is 12.8 Å². The maximum Gasteiger partial charge on any atom is 0.196 e. The van der Waals surface area contributed by atoms with Crippen molar-refractivity contribution in [1.29, 1.82) is 0 Å². The van der Waals surface area contributed by atoms with E-state index in [1.54, 1.807) is 0 Å². The Bertz CT molecular complexity index is 472. The fourth-order valence-corrected chi connectivity index (χ4v) is 2.96. The number of unbranched alkanes of at least 4 members (excludes halogenated alkanes) is 1. The summed E-state index contributed by atoms with van der Waals surface area (Å²) in [6.07, 6.45) is 4.51. The molecule has 1 aliphatic rings. The van der Waals surface area contributed by atoms with Crippen LogP contribution >= 0.6 is 11.6 Å². The zero-order valence-electron chi connectivity index (χ0n) is 11.7. The molecule has 0 aliphatic carbocycles. The second-order valence-corrected chi connectivity index (χ2v) is 5.61. The van der Waals surface area contributed by atoms with Crippen LogP contribution in [0.4, 0.5) is 5.69 Å². The molecule has 2 rings (SSSR count). The minimum absolute atomic E-state index is 0.0186. The van der Waals surface area contributed by atoms with E-state index in [1.807, 2.05) is 18.2 Å². The van der Waals surface area contributed by atoms with Gasteiger partial charge in [0.05, 0.1) is 12.1 Å². The van der Waals surface area contributed by atoms with E-state index in [0.717, 1.165) is 30.1 Å². The first-order valence-corrected chi connectivity index (χ1v) is 7.36. The number of nitrogens with two attached hydrogens (primary N) is 1. The number of benzene rings is 1. The van der Waals surface area contributed by atoms with Crippen molar-refractivity contribution >= 4 is 23.2 Å². The quantitative estimate of drug-likeness (QED) is 0.890. The van der Waals surface area contributed by atoms with Gasteiger partial charge in [0, 0.05) is 10.7 Å². The molecule has 1 unspecified atom stereocenters. The van der Waals surface area contributed by atoms with E-state index in [4.69, 9.17) is 17.3 Å². The predicted molar refractivity (Wildman–Crippen MR) is 83.0 cm³/mol. The number of rotatable bonds is 5. The van der Waals surface area contributed by atoms with Crippen molar-refractivity contribution in [1.82, 2.24) is 0 Å². The molecule has 2 N–H and O–H groups in total. The molecule has 4 heteroatoms. The number of guanidine groups is 1. The molecule has 1 aromatic rings. The van der Waals surface area contributed by atoms with Crippen LogP contribution < -0.4 is 10.6 Å². The SMILES string of the molecule is CCCCC1(CC)CN=C(N)N1c1cccc(Cl)c1. The van der Waals surface area contributed by atoms with Crippen LogP contribution in [-0.2, 0) is 0 Å². The van der Waals surface area contributed by atoms with Crippen LogP contribution in [0.3, 0.4) is 0 Å². The Morgan fingerprint density at radius 3 is 2.84 bits per heavy atom. The summed E-state index contributed by atoms with van der Waals surface area (Å²) in [5, 5.41) is 0.734. The first kappa shape index (κ1) is 14.2. The molecule has 104 valence electrons. The molecule has 0 aromatic heterocycles. The summed E-state index contributed by atoms with van der Waals surface area (Å²) in [7, 11) is 0. The lowest BCUT2D eigenvalue weighted by Crippen LogP contribution is -2.51. The summed E-state index contributed by atoms with van der Waals surface area (Å²) in [5.41, 5.74) is 7.18. The van der Waals surface area contributed by atoms with Crippen LogP contribution in [0.25, 0.3) is 0 Å². The lowest BCUT2D eigenvalue weighted by atomic mass is 9.88. The summed E-state index contributed by atoms with van der Waals surface area (Å²) in [6.45, 7) is 5.20. The van der Waals surface area contributed by atoms with Crippen molar-refractivity contribution in [3.8, 4) is 0 Å². The van der Waals surface area contributed by atoms with Gasteiger partial charge in [-0.05, 0) is 31.0 Å². The van der Waals surface area contributed by atoms with Gasteiger partial charge in [-0.2, -0.15) is 0 Å². The number of anilines is 1. The smallest absolute Gasteiger partial charge is 0.196 e. The van der Waals surface area contributed by atoms with Gasteiger partial charge in [0.2, 0.25) is 0 Å². The monoisotopic (exact) mass is 279 g/mol. The van der Waals surface area contributed by atoms with Crippen LogP contribution in [-0.4, -0.2) is 18.0 Å². The van der Waals surface area contributed by atoms with Crippen molar-refractivity contribution in [2.45, 2.75) is 45.1 Å². The zero-order chi connectivity index (χ0) is 13.9. The van der Waals surface area contributed by atoms with Gasteiger partial charge in [-0.15, -0.1) is 0 Å². The fourth-order valence-electron chi connectivity index (χ4n) is 2.78. The highest BCUT2D eigenvalue weighted by molar-refractivity contribution is 6.31. The van der Waals surface area contributed by atoms with E-state index in [0.29, 0.717) is 5.96 Å². The normalized spacial score (nSPS) is 22.7. The number of nitrogens with zero attached hydrogens (tertiary/aromatic N) is 2. The molecule has 1 atom stereocenters. The number of halogens is 1. The van der Waals surface area contributed by atoms with E-state index in [2.05, 4.69) is 29.8 Å². The molecule has 1 heterocycles. The standard InChI is InChI=1S/C15H22ClN3/c1-3-5-9-15(4-2)11-18-14(17)19(15)13-8-6-7-12(16)10-13/h6-8,10H,3-5,9,11H2,1-2H3,(H2,17,18). The van der Waals surface area contributed by atoms with Crippen molar-refractivity contribution < 1.29 is 0 Å². The van der Waals surface area contributed by atoms with Gasteiger partial charge >= 0.3 is 0 Å². The second-order valence-electron chi connectivity index (χ2n) is 5.17. The van der Waals surface area contributed by atoms with Crippen molar-refractivity contribution in [2.75, 3.05) is 11.4 Å². The maximum absolute atomic E-state index is 6.12. The minimum Gasteiger partial charge on any atom is -0.369 e. The summed E-state index contributed by atoms with van der Waals surface area (Å²) in [5.74, 6) is 0.611. The van der Waals surface area contributed by atoms with E-state index in [-0.39, 0.29) is 5.54 Å². The lowest BCUT2D eigenvalue weighted by Gasteiger charge is -2.39. The Kier molecular flexibility index (Phi) is 4.35. The van der Waals surface area contributed by atoms with Crippen LogP contribution in [0.2, 0.25) is 5.02 Å². The molecule has 0 fully saturated rings. The fraction of sp³-hybridized carbons (Fsp3) is 0.533. The molecule has 0 amide bonds. The highest BCUT2D eigenvalue weighted by atomic mass is 35.5. The van der Waals surface area contributed by atoms with E-state index < -0.39 is 0 Å². The Balaban J connectivity index is 2.35. The largest absolute Gasteiger partial charge is 0.369 e. The average Bonchev–Trinajstić information content (AvgIpc) is 2.74. The van der Waals surface area contributed by atoms with Crippen LogP contribution in [0, 0.1) is 0 Å². The first-order chi connectivity index (χ1) is 9.13. The van der Waals surface area contributed by atoms with Crippen molar-refractivity contribution in [3.05, 3.63) is 29.3 Å². The van der Waals surface area contributed by atoms with Crippen LogP contribution in [0.1, 0.15) is 39.5 Å². The van der Waals surface area contributed by atoms with Gasteiger partial charge < -0.3 is 10.6 Å². The maximum atomic E-state index is 6.12. The third-order valence-electron chi connectivity index (χ3n) is 3.96. The summed E-state index contributed by atoms with van der Waals surface area (Å²) in [6, 6.07) is 7.86. The highest BCUT2D eigenvalue weighted by Crippen LogP contribution is 2.36. The van der Waals surface area contributed by atoms with Gasteiger partial charge in [-0.3, -0.25) is 4.99 Å². The van der Waals surface area contributed by atoms with E-state index in [9.17, 15) is 0 Å². The molecular formula is C15H22ClN3. The average molecular weight is 280 g/mol. The third-order valence-corrected chi connectivity index (χ3v) is 4.19. The van der Waals surface area contributed by atoms with Gasteiger partial charge in [0.15, 0.2) is 5.96 Å². The topological polar surface area (TPSA) is 41.6 Å². The Morgan fingerprint density at radius 2 is 2.21 bits per heavy atom. The van der Waals surface area contributed by atoms with Crippen molar-refractivity contribution in [3.63, 3.8) is 0 Å². The molecule has 0 saturated carbocycles. The molecular weight excluding hydrogens is 258 g/mol.